The molecule has 0 bridgehead atoms. The summed E-state index contributed by atoms with van der Waals surface area (Å²) in [5.41, 5.74) is 0. The molecule has 0 amide bonds. The van der Waals surface area contributed by atoms with Crippen LogP contribution >= 0.6 is 0 Å². The van der Waals surface area contributed by atoms with Crippen molar-refractivity contribution in [2.45, 2.75) is 65.1 Å². The molecule has 0 aromatic carbocycles. The summed E-state index contributed by atoms with van der Waals surface area (Å²) in [7, 11) is 0. The lowest BCUT2D eigenvalue weighted by atomic mass is 9.91. The van der Waals surface area contributed by atoms with Crippen molar-refractivity contribution in [1.29, 1.82) is 0 Å². The Morgan fingerprint density at radius 2 is 2.07 bits per heavy atom. The van der Waals surface area contributed by atoms with Crippen LogP contribution in [0.1, 0.15) is 47.0 Å². The van der Waals surface area contributed by atoms with Crippen molar-refractivity contribution in [2.24, 2.45) is 5.92 Å². The molecule has 4 unspecified atom stereocenters. The van der Waals surface area contributed by atoms with Crippen molar-refractivity contribution in [1.82, 2.24) is 4.90 Å². The molecule has 0 radical (unpaired) electrons. The molecule has 1 rings (SSSR count). The fourth-order valence-corrected chi connectivity index (χ4v) is 2.59. The van der Waals surface area contributed by atoms with E-state index in [1.807, 2.05) is 0 Å². The number of nitrogens with zero attached hydrogens (tertiary/aromatic N) is 1. The van der Waals surface area contributed by atoms with Gasteiger partial charge in [-0.25, -0.2) is 0 Å². The molecule has 1 aliphatic rings. The van der Waals surface area contributed by atoms with E-state index in [9.17, 15) is 5.11 Å². The Balaban J connectivity index is 2.51. The molecular weight excluding hydrogens is 174 g/mol. The first kappa shape index (κ1) is 12.0. The highest BCUT2D eigenvalue weighted by Gasteiger charge is 2.29. The average Bonchev–Trinajstić information content (AvgIpc) is 2.15. The summed E-state index contributed by atoms with van der Waals surface area (Å²) in [5, 5.41) is 9.82. The number of hydrogen-bond donors (Lipinski definition) is 1. The van der Waals surface area contributed by atoms with Gasteiger partial charge in [0.05, 0.1) is 6.10 Å². The van der Waals surface area contributed by atoms with Gasteiger partial charge in [-0.15, -0.1) is 0 Å². The lowest BCUT2D eigenvalue weighted by Crippen LogP contribution is -2.49. The fraction of sp³-hybridized carbons (Fsp3) is 1.00. The summed E-state index contributed by atoms with van der Waals surface area (Å²) >= 11 is 0. The zero-order valence-electron chi connectivity index (χ0n) is 10.0. The maximum atomic E-state index is 9.82. The van der Waals surface area contributed by atoms with Crippen LogP contribution in [0, 0.1) is 5.92 Å². The van der Waals surface area contributed by atoms with Gasteiger partial charge in [0.1, 0.15) is 0 Å². The molecular formula is C12H25NO. The summed E-state index contributed by atoms with van der Waals surface area (Å²) in [4.78, 5) is 2.47. The van der Waals surface area contributed by atoms with Crippen LogP contribution in [0.4, 0.5) is 0 Å². The molecule has 1 heterocycles. The standard InChI is InChI=1S/C12H25NO/c1-5-12(14)11(4)13-7-6-9(2)8-10(13)3/h9-12,14H,5-8H2,1-4H3. The van der Waals surface area contributed by atoms with E-state index in [-0.39, 0.29) is 6.10 Å². The van der Waals surface area contributed by atoms with Crippen LogP contribution in [0.5, 0.6) is 0 Å². The van der Waals surface area contributed by atoms with Gasteiger partial charge >= 0.3 is 0 Å². The predicted molar refractivity (Wildman–Crippen MR) is 60.3 cm³/mol. The number of rotatable bonds is 3. The number of aliphatic hydroxyl groups excluding tert-OH is 1. The maximum Gasteiger partial charge on any atom is 0.0690 e. The van der Waals surface area contributed by atoms with Gasteiger partial charge < -0.3 is 5.11 Å². The first-order chi connectivity index (χ1) is 6.56. The number of hydrogen-bond acceptors (Lipinski definition) is 2. The Kier molecular flexibility index (Phi) is 4.39. The van der Waals surface area contributed by atoms with E-state index in [1.54, 1.807) is 0 Å². The zero-order valence-corrected chi connectivity index (χ0v) is 10.0. The van der Waals surface area contributed by atoms with Crippen LogP contribution in [0.3, 0.4) is 0 Å². The second-order valence-electron chi connectivity index (χ2n) is 4.93. The van der Waals surface area contributed by atoms with Crippen LogP contribution in [-0.4, -0.2) is 34.7 Å². The third kappa shape index (κ3) is 2.71. The molecule has 2 nitrogen and oxygen atoms in total. The van der Waals surface area contributed by atoms with Crippen molar-refractivity contribution in [2.75, 3.05) is 6.54 Å². The molecule has 1 N–H and O–H groups in total. The van der Waals surface area contributed by atoms with Gasteiger partial charge in [0, 0.05) is 12.1 Å². The van der Waals surface area contributed by atoms with E-state index in [4.69, 9.17) is 0 Å². The Morgan fingerprint density at radius 1 is 1.43 bits per heavy atom. The molecule has 1 saturated heterocycles. The minimum atomic E-state index is -0.161. The normalized spacial score (nSPS) is 34.1. The Morgan fingerprint density at radius 3 is 2.57 bits per heavy atom. The highest BCUT2D eigenvalue weighted by molar-refractivity contribution is 4.83. The predicted octanol–water partition coefficient (Wildman–Crippen LogP) is 2.27. The summed E-state index contributed by atoms with van der Waals surface area (Å²) in [5.74, 6) is 0.854. The first-order valence-corrected chi connectivity index (χ1v) is 6.00. The quantitative estimate of drug-likeness (QED) is 0.753. The SMILES string of the molecule is CCC(O)C(C)N1CCC(C)CC1C. The Hall–Kier alpha value is -0.0800. The molecule has 0 aliphatic carbocycles. The first-order valence-electron chi connectivity index (χ1n) is 6.00. The third-order valence-electron chi connectivity index (χ3n) is 3.69. The highest BCUT2D eigenvalue weighted by Crippen LogP contribution is 2.25. The van der Waals surface area contributed by atoms with Crippen LogP contribution < -0.4 is 0 Å². The Bertz CT molecular complexity index is 172. The van der Waals surface area contributed by atoms with Crippen LogP contribution in [0.15, 0.2) is 0 Å². The van der Waals surface area contributed by atoms with Gasteiger partial charge in [0.25, 0.3) is 0 Å². The van der Waals surface area contributed by atoms with Gasteiger partial charge in [0.15, 0.2) is 0 Å². The van der Waals surface area contributed by atoms with Crippen molar-refractivity contribution < 1.29 is 5.11 Å². The molecule has 4 atom stereocenters. The van der Waals surface area contributed by atoms with Crippen molar-refractivity contribution in [3.05, 3.63) is 0 Å². The molecule has 2 heteroatoms. The van der Waals surface area contributed by atoms with Gasteiger partial charge in [0.2, 0.25) is 0 Å². The van der Waals surface area contributed by atoms with Gasteiger partial charge in [-0.1, -0.05) is 13.8 Å². The van der Waals surface area contributed by atoms with Gasteiger partial charge in [-0.05, 0) is 45.6 Å². The minimum Gasteiger partial charge on any atom is -0.392 e. The van der Waals surface area contributed by atoms with Gasteiger partial charge in [-0.3, -0.25) is 4.90 Å². The minimum absolute atomic E-state index is 0.161. The molecule has 1 fully saturated rings. The molecule has 0 spiro atoms. The van der Waals surface area contributed by atoms with Crippen LogP contribution in [0.25, 0.3) is 0 Å². The molecule has 1 aliphatic heterocycles. The summed E-state index contributed by atoms with van der Waals surface area (Å²) < 4.78 is 0. The van der Waals surface area contributed by atoms with Crippen molar-refractivity contribution in [3.8, 4) is 0 Å². The number of aliphatic hydroxyl groups is 1. The fourth-order valence-electron chi connectivity index (χ4n) is 2.59. The van der Waals surface area contributed by atoms with E-state index in [1.165, 1.54) is 12.8 Å². The summed E-state index contributed by atoms with van der Waals surface area (Å²) in [6, 6.07) is 0.956. The second kappa shape index (κ2) is 5.13. The molecule has 0 saturated carbocycles. The van der Waals surface area contributed by atoms with E-state index in [2.05, 4.69) is 32.6 Å². The van der Waals surface area contributed by atoms with Gasteiger partial charge in [-0.2, -0.15) is 0 Å². The number of likely N-dealkylation sites (tertiary alicyclic amines) is 1. The van der Waals surface area contributed by atoms with Crippen molar-refractivity contribution in [3.63, 3.8) is 0 Å². The molecule has 84 valence electrons. The second-order valence-corrected chi connectivity index (χ2v) is 4.93. The highest BCUT2D eigenvalue weighted by atomic mass is 16.3. The van der Waals surface area contributed by atoms with E-state index in [0.29, 0.717) is 12.1 Å². The van der Waals surface area contributed by atoms with Crippen LogP contribution in [0.2, 0.25) is 0 Å². The molecule has 14 heavy (non-hydrogen) atoms. The Labute approximate surface area is 88.3 Å². The third-order valence-corrected chi connectivity index (χ3v) is 3.69. The molecule has 0 aromatic rings. The average molecular weight is 199 g/mol. The van der Waals surface area contributed by atoms with E-state index < -0.39 is 0 Å². The van der Waals surface area contributed by atoms with Crippen molar-refractivity contribution >= 4 is 0 Å². The monoisotopic (exact) mass is 199 g/mol. The smallest absolute Gasteiger partial charge is 0.0690 e. The maximum absolute atomic E-state index is 9.82. The topological polar surface area (TPSA) is 23.5 Å². The largest absolute Gasteiger partial charge is 0.392 e. The summed E-state index contributed by atoms with van der Waals surface area (Å²) in [6.07, 6.45) is 3.26. The number of piperidine rings is 1. The lowest BCUT2D eigenvalue weighted by Gasteiger charge is -2.42. The van der Waals surface area contributed by atoms with E-state index >= 15 is 0 Å². The van der Waals surface area contributed by atoms with Crippen LogP contribution in [-0.2, 0) is 0 Å². The summed E-state index contributed by atoms with van der Waals surface area (Å²) in [6.45, 7) is 9.98. The zero-order chi connectivity index (χ0) is 10.7. The van der Waals surface area contributed by atoms with E-state index in [0.717, 1.165) is 18.9 Å². The lowest BCUT2D eigenvalue weighted by molar-refractivity contribution is 0.0100. The molecule has 0 aromatic heterocycles.